The Balaban J connectivity index is 1.75. The SMILES string of the molecule is CC(C)(O)/C=C/C(=O)[C@](C)(O)[C@H]1[C@H](O)C[C@@]2(C)[C@@H]3CC=C4[C@@H](CC(=O)[C@@H](O)C4(C)C)[C@]3(C)CC[C@]12C. The van der Waals surface area contributed by atoms with Gasteiger partial charge in [-0.25, -0.2) is 0 Å². The molecule has 0 unspecified atom stereocenters. The minimum atomic E-state index is -1.79. The van der Waals surface area contributed by atoms with Crippen molar-refractivity contribution in [1.29, 1.82) is 0 Å². The Kier molecular flexibility index (Phi) is 6.21. The molecule has 4 aliphatic carbocycles. The fraction of sp³-hybridized carbons (Fsp3) is 0.800. The number of rotatable bonds is 4. The van der Waals surface area contributed by atoms with E-state index in [9.17, 15) is 30.0 Å². The zero-order valence-corrected chi connectivity index (χ0v) is 23.3. The van der Waals surface area contributed by atoms with Gasteiger partial charge in [0.15, 0.2) is 11.6 Å². The zero-order chi connectivity index (χ0) is 27.3. The van der Waals surface area contributed by atoms with Gasteiger partial charge in [-0.15, -0.1) is 0 Å². The van der Waals surface area contributed by atoms with Crippen LogP contribution in [0.15, 0.2) is 23.8 Å². The van der Waals surface area contributed by atoms with Crippen molar-refractivity contribution in [1.82, 2.24) is 0 Å². The van der Waals surface area contributed by atoms with Crippen molar-refractivity contribution in [3.05, 3.63) is 23.8 Å². The highest BCUT2D eigenvalue weighted by Crippen LogP contribution is 2.75. The van der Waals surface area contributed by atoms with Crippen molar-refractivity contribution in [2.45, 2.75) is 111 Å². The number of carbonyl (C=O) groups is 2. The van der Waals surface area contributed by atoms with Crippen LogP contribution in [0.5, 0.6) is 0 Å². The van der Waals surface area contributed by atoms with Crippen molar-refractivity contribution in [2.24, 2.45) is 39.4 Å². The molecule has 0 amide bonds. The van der Waals surface area contributed by atoms with E-state index in [1.807, 2.05) is 13.8 Å². The average Bonchev–Trinajstić information content (AvgIpc) is 2.96. The van der Waals surface area contributed by atoms with E-state index in [2.05, 4.69) is 26.8 Å². The summed E-state index contributed by atoms with van der Waals surface area (Å²) < 4.78 is 0. The average molecular weight is 503 g/mol. The van der Waals surface area contributed by atoms with Gasteiger partial charge in [0, 0.05) is 17.8 Å². The van der Waals surface area contributed by atoms with Gasteiger partial charge in [-0.1, -0.05) is 52.3 Å². The van der Waals surface area contributed by atoms with Gasteiger partial charge in [0.2, 0.25) is 0 Å². The van der Waals surface area contributed by atoms with Crippen molar-refractivity contribution in [2.75, 3.05) is 0 Å². The van der Waals surface area contributed by atoms with Crippen LogP contribution in [0.4, 0.5) is 0 Å². The maximum atomic E-state index is 13.2. The largest absolute Gasteiger partial charge is 0.393 e. The quantitative estimate of drug-likeness (QED) is 0.344. The van der Waals surface area contributed by atoms with Crippen LogP contribution in [0, 0.1) is 39.4 Å². The molecule has 6 heteroatoms. The molecule has 0 bridgehead atoms. The third kappa shape index (κ3) is 3.65. The Morgan fingerprint density at radius 1 is 1.03 bits per heavy atom. The molecule has 9 atom stereocenters. The van der Waals surface area contributed by atoms with E-state index in [4.69, 9.17) is 0 Å². The van der Waals surface area contributed by atoms with E-state index in [-0.39, 0.29) is 28.4 Å². The summed E-state index contributed by atoms with van der Waals surface area (Å²) in [5.41, 5.74) is -3.45. The molecule has 4 rings (SSSR count). The lowest BCUT2D eigenvalue weighted by atomic mass is 9.39. The van der Waals surface area contributed by atoms with Gasteiger partial charge >= 0.3 is 0 Å². The van der Waals surface area contributed by atoms with Crippen molar-refractivity contribution in [3.8, 4) is 0 Å². The highest BCUT2D eigenvalue weighted by Gasteiger charge is 2.72. The van der Waals surface area contributed by atoms with Crippen LogP contribution in [0.3, 0.4) is 0 Å². The first kappa shape index (κ1) is 27.7. The molecule has 202 valence electrons. The zero-order valence-electron chi connectivity index (χ0n) is 23.3. The Morgan fingerprint density at radius 3 is 2.22 bits per heavy atom. The number of aliphatic hydroxyl groups is 4. The lowest BCUT2D eigenvalue weighted by Crippen LogP contribution is -2.62. The monoisotopic (exact) mass is 502 g/mol. The minimum absolute atomic E-state index is 0.0385. The molecule has 6 nitrogen and oxygen atoms in total. The molecule has 3 fully saturated rings. The first-order valence-corrected chi connectivity index (χ1v) is 13.5. The summed E-state index contributed by atoms with van der Waals surface area (Å²) in [6.45, 7) is 15.2. The highest BCUT2D eigenvalue weighted by atomic mass is 16.3. The number of ketones is 2. The van der Waals surface area contributed by atoms with Crippen LogP contribution in [0.2, 0.25) is 0 Å². The second-order valence-electron chi connectivity index (χ2n) is 14.4. The van der Waals surface area contributed by atoms with Crippen molar-refractivity contribution < 1.29 is 30.0 Å². The number of hydrogen-bond acceptors (Lipinski definition) is 6. The standard InChI is InChI=1S/C30H46O6/c1-25(2,35)12-11-22(33)30(8,36)23-20(32)16-29(7)21-10-9-17-18(15-19(31)24(34)26(17,3)4)27(21,5)13-14-28(23,29)6/h9,11-12,18,20-21,23-24,32,34-36H,10,13-16H2,1-8H3/b12-11+/t18-,20-,21-,23+,24-,27+,28-,29+,30+/m1/s1. The second kappa shape index (κ2) is 8.08. The summed E-state index contributed by atoms with van der Waals surface area (Å²) in [7, 11) is 0. The number of allylic oxidation sites excluding steroid dienone is 1. The molecule has 0 heterocycles. The smallest absolute Gasteiger partial charge is 0.187 e. The van der Waals surface area contributed by atoms with Gasteiger partial charge < -0.3 is 20.4 Å². The molecule has 0 aliphatic heterocycles. The lowest BCUT2D eigenvalue weighted by Gasteiger charge is -2.65. The summed E-state index contributed by atoms with van der Waals surface area (Å²) >= 11 is 0. The van der Waals surface area contributed by atoms with Crippen LogP contribution >= 0.6 is 0 Å². The molecule has 3 saturated carbocycles. The van der Waals surface area contributed by atoms with E-state index < -0.39 is 45.9 Å². The number of fused-ring (bicyclic) bond motifs is 5. The Morgan fingerprint density at radius 2 is 1.64 bits per heavy atom. The normalized spacial score (nSPS) is 45.9. The van der Waals surface area contributed by atoms with Gasteiger partial charge in [0.25, 0.3) is 0 Å². The molecule has 0 aromatic heterocycles. The summed E-state index contributed by atoms with van der Waals surface area (Å²) in [4.78, 5) is 26.1. The fourth-order valence-corrected chi connectivity index (χ4v) is 9.19. The van der Waals surface area contributed by atoms with E-state index >= 15 is 0 Å². The van der Waals surface area contributed by atoms with Gasteiger partial charge in [-0.2, -0.15) is 0 Å². The third-order valence-corrected chi connectivity index (χ3v) is 11.4. The molecule has 36 heavy (non-hydrogen) atoms. The van der Waals surface area contributed by atoms with E-state index in [1.165, 1.54) is 24.6 Å². The fourth-order valence-electron chi connectivity index (χ4n) is 9.19. The number of Topliss-reactive ketones (excluding diaryl/α,β-unsaturated/α-hetero) is 1. The molecule has 0 radical (unpaired) electrons. The van der Waals surface area contributed by atoms with Crippen LogP contribution in [0.25, 0.3) is 0 Å². The number of hydrogen-bond donors (Lipinski definition) is 4. The lowest BCUT2D eigenvalue weighted by molar-refractivity contribution is -0.176. The van der Waals surface area contributed by atoms with Crippen molar-refractivity contribution in [3.63, 3.8) is 0 Å². The molecule has 4 N–H and O–H groups in total. The molecule has 0 aromatic carbocycles. The Hall–Kier alpha value is -1.34. The minimum Gasteiger partial charge on any atom is -0.393 e. The second-order valence-corrected chi connectivity index (χ2v) is 14.4. The van der Waals surface area contributed by atoms with Gasteiger partial charge in [0.05, 0.1) is 11.7 Å². The van der Waals surface area contributed by atoms with Crippen molar-refractivity contribution >= 4 is 11.6 Å². The van der Waals surface area contributed by atoms with Gasteiger partial charge in [-0.3, -0.25) is 9.59 Å². The topological polar surface area (TPSA) is 115 Å². The maximum absolute atomic E-state index is 13.2. The first-order chi connectivity index (χ1) is 16.2. The van der Waals surface area contributed by atoms with Crippen LogP contribution in [-0.2, 0) is 9.59 Å². The van der Waals surface area contributed by atoms with Crippen LogP contribution in [0.1, 0.15) is 87.5 Å². The molecule has 4 aliphatic rings. The molecule has 0 saturated heterocycles. The van der Waals surface area contributed by atoms with Crippen LogP contribution < -0.4 is 0 Å². The predicted molar refractivity (Wildman–Crippen MR) is 138 cm³/mol. The third-order valence-electron chi connectivity index (χ3n) is 11.4. The molecule has 0 spiro atoms. The number of carbonyl (C=O) groups excluding carboxylic acids is 2. The summed E-state index contributed by atoms with van der Waals surface area (Å²) in [6.07, 6.45) is 6.16. The van der Waals surface area contributed by atoms with E-state index in [0.717, 1.165) is 19.3 Å². The highest BCUT2D eigenvalue weighted by molar-refractivity contribution is 5.97. The predicted octanol–water partition coefficient (Wildman–Crippen LogP) is 3.75. The Bertz CT molecular complexity index is 1010. The van der Waals surface area contributed by atoms with Gasteiger partial charge in [-0.05, 0) is 80.6 Å². The summed E-state index contributed by atoms with van der Waals surface area (Å²) in [5, 5.41) is 43.8. The molecule has 0 aromatic rings. The molecular weight excluding hydrogens is 456 g/mol. The van der Waals surface area contributed by atoms with Crippen LogP contribution in [-0.4, -0.2) is 55.4 Å². The van der Waals surface area contributed by atoms with E-state index in [0.29, 0.717) is 12.8 Å². The van der Waals surface area contributed by atoms with E-state index in [1.54, 1.807) is 13.8 Å². The van der Waals surface area contributed by atoms with Gasteiger partial charge in [0.1, 0.15) is 11.7 Å². The molecular formula is C30H46O6. The maximum Gasteiger partial charge on any atom is 0.187 e. The first-order valence-electron chi connectivity index (χ1n) is 13.5. The Labute approximate surface area is 215 Å². The summed E-state index contributed by atoms with van der Waals surface area (Å²) in [5.74, 6) is -1.06. The number of aliphatic hydroxyl groups excluding tert-OH is 2. The summed E-state index contributed by atoms with van der Waals surface area (Å²) in [6, 6.07) is 0.